The average Bonchev–Trinajstić information content (AvgIpc) is 3.29. The number of benzene rings is 1. The minimum Gasteiger partial charge on any atom is -0.473 e. The summed E-state index contributed by atoms with van der Waals surface area (Å²) in [5, 5.41) is 4.03. The van der Waals surface area contributed by atoms with Crippen molar-refractivity contribution >= 4 is 15.9 Å². The first-order valence-electron chi connectivity index (χ1n) is 11.2. The van der Waals surface area contributed by atoms with E-state index < -0.39 is 15.7 Å². The van der Waals surface area contributed by atoms with Gasteiger partial charge in [-0.3, -0.25) is 0 Å². The second kappa shape index (κ2) is 9.65. The zero-order valence-electron chi connectivity index (χ0n) is 19.6. The van der Waals surface area contributed by atoms with E-state index in [2.05, 4.69) is 25.0 Å². The predicted octanol–water partition coefficient (Wildman–Crippen LogP) is 3.88. The Morgan fingerprint density at radius 3 is 2.44 bits per heavy atom. The first kappa shape index (κ1) is 24.1. The molecule has 1 fully saturated rings. The van der Waals surface area contributed by atoms with Crippen molar-refractivity contribution in [3.63, 3.8) is 0 Å². The van der Waals surface area contributed by atoms with Crippen LogP contribution in [0.1, 0.15) is 45.4 Å². The van der Waals surface area contributed by atoms with E-state index in [1.54, 1.807) is 0 Å². The molecule has 0 amide bonds. The summed E-state index contributed by atoms with van der Waals surface area (Å²) in [6.45, 7) is 7.68. The lowest BCUT2D eigenvalue weighted by atomic mass is 9.92. The third-order valence-corrected chi connectivity index (χ3v) is 7.11. The number of sulfone groups is 1. The summed E-state index contributed by atoms with van der Waals surface area (Å²) in [5.74, 6) is 0.836. The number of aromatic nitrogens is 4. The maximum Gasteiger partial charge on any atom is 0.324 e. The van der Waals surface area contributed by atoms with E-state index in [0.717, 1.165) is 38.3 Å². The van der Waals surface area contributed by atoms with Gasteiger partial charge in [-0.25, -0.2) is 22.8 Å². The summed E-state index contributed by atoms with van der Waals surface area (Å²) in [5.41, 5.74) is 0.860. The molecule has 0 aliphatic carbocycles. The van der Waals surface area contributed by atoms with Crippen LogP contribution in [0.2, 0.25) is 0 Å². The van der Waals surface area contributed by atoms with Crippen LogP contribution in [0.25, 0.3) is 11.3 Å². The van der Waals surface area contributed by atoms with E-state index in [-0.39, 0.29) is 16.9 Å². The standard InChI is InChI=1S/C23H28FN5O4S/c1-14(2)22-27-23(33-28-22)29-9-7-16(8-10-29)15(3)32-21-13-25-19(12-26-21)17-5-6-20(18(24)11-17)34(4,30)31/h5-6,11-16H,7-10H2,1-4H3/t15-/m0/s1. The number of piperidine rings is 1. The van der Waals surface area contributed by atoms with E-state index in [0.29, 0.717) is 34.9 Å². The third-order valence-electron chi connectivity index (χ3n) is 5.98. The van der Waals surface area contributed by atoms with Crippen molar-refractivity contribution in [2.75, 3.05) is 24.2 Å². The third kappa shape index (κ3) is 5.35. The zero-order valence-corrected chi connectivity index (χ0v) is 20.4. The number of anilines is 1. The van der Waals surface area contributed by atoms with Crippen LogP contribution in [0.4, 0.5) is 10.4 Å². The highest BCUT2D eigenvalue weighted by Gasteiger charge is 2.28. The highest BCUT2D eigenvalue weighted by atomic mass is 32.2. The van der Waals surface area contributed by atoms with Gasteiger partial charge in [0, 0.05) is 30.8 Å². The van der Waals surface area contributed by atoms with Gasteiger partial charge in [-0.05, 0) is 37.8 Å². The van der Waals surface area contributed by atoms with Crippen LogP contribution in [-0.2, 0) is 9.84 Å². The number of hydrogen-bond donors (Lipinski definition) is 0. The van der Waals surface area contributed by atoms with Crippen molar-refractivity contribution in [1.82, 2.24) is 20.1 Å². The van der Waals surface area contributed by atoms with Gasteiger partial charge in [0.15, 0.2) is 15.7 Å². The molecule has 3 heterocycles. The van der Waals surface area contributed by atoms with Gasteiger partial charge >= 0.3 is 6.01 Å². The molecule has 11 heteroatoms. The quantitative estimate of drug-likeness (QED) is 0.488. The zero-order chi connectivity index (χ0) is 24.5. The second-order valence-corrected chi connectivity index (χ2v) is 10.9. The molecule has 34 heavy (non-hydrogen) atoms. The number of nitrogens with zero attached hydrogens (tertiary/aromatic N) is 5. The van der Waals surface area contributed by atoms with Gasteiger partial charge < -0.3 is 14.2 Å². The number of halogens is 1. The van der Waals surface area contributed by atoms with E-state index in [9.17, 15) is 12.8 Å². The van der Waals surface area contributed by atoms with Gasteiger partial charge in [-0.1, -0.05) is 25.1 Å². The SMILES string of the molecule is CC(C)c1noc(N2CCC([C@H](C)Oc3cnc(-c4ccc(S(C)(=O)=O)c(F)c4)cn3)CC2)n1. The Balaban J connectivity index is 1.34. The molecule has 1 atom stereocenters. The van der Waals surface area contributed by atoms with Crippen molar-refractivity contribution in [2.45, 2.75) is 50.5 Å². The molecule has 1 aliphatic rings. The molecule has 0 bridgehead atoms. The van der Waals surface area contributed by atoms with Gasteiger partial charge in [0.2, 0.25) is 5.88 Å². The van der Waals surface area contributed by atoms with Gasteiger partial charge in [0.05, 0.1) is 18.1 Å². The summed E-state index contributed by atoms with van der Waals surface area (Å²) in [4.78, 5) is 14.8. The lowest BCUT2D eigenvalue weighted by molar-refractivity contribution is 0.126. The summed E-state index contributed by atoms with van der Waals surface area (Å²) < 4.78 is 48.8. The minimum absolute atomic E-state index is 0.0669. The number of hydrogen-bond acceptors (Lipinski definition) is 9. The fourth-order valence-electron chi connectivity index (χ4n) is 3.92. The minimum atomic E-state index is -3.63. The van der Waals surface area contributed by atoms with Crippen molar-refractivity contribution < 1.29 is 22.1 Å². The predicted molar refractivity (Wildman–Crippen MR) is 124 cm³/mol. The fraction of sp³-hybridized carbons (Fsp3) is 0.478. The van der Waals surface area contributed by atoms with Crippen LogP contribution in [0.3, 0.4) is 0 Å². The van der Waals surface area contributed by atoms with Gasteiger partial charge in [0.1, 0.15) is 16.8 Å². The molecule has 1 aromatic carbocycles. The Labute approximate surface area is 198 Å². The summed E-state index contributed by atoms with van der Waals surface area (Å²) in [6.07, 6.45) is 5.71. The average molecular weight is 490 g/mol. The Bertz CT molecular complexity index is 1240. The molecule has 4 rings (SSSR count). The van der Waals surface area contributed by atoms with Crippen molar-refractivity contribution in [3.8, 4) is 17.1 Å². The molecule has 3 aromatic rings. The van der Waals surface area contributed by atoms with E-state index in [1.807, 2.05) is 20.8 Å². The Hall–Kier alpha value is -3.08. The molecule has 0 spiro atoms. The summed E-state index contributed by atoms with van der Waals surface area (Å²) in [6, 6.07) is 4.45. The van der Waals surface area contributed by atoms with Crippen LogP contribution >= 0.6 is 0 Å². The summed E-state index contributed by atoms with van der Waals surface area (Å²) >= 11 is 0. The largest absolute Gasteiger partial charge is 0.473 e. The van der Waals surface area contributed by atoms with Gasteiger partial charge in [0.25, 0.3) is 0 Å². The molecule has 1 saturated heterocycles. The monoisotopic (exact) mass is 489 g/mol. The molecule has 0 unspecified atom stereocenters. The Kier molecular flexibility index (Phi) is 6.83. The Morgan fingerprint density at radius 1 is 1.15 bits per heavy atom. The first-order chi connectivity index (χ1) is 16.1. The van der Waals surface area contributed by atoms with Crippen molar-refractivity contribution in [3.05, 3.63) is 42.2 Å². The molecule has 9 nitrogen and oxygen atoms in total. The second-order valence-electron chi connectivity index (χ2n) is 8.89. The van der Waals surface area contributed by atoms with E-state index >= 15 is 0 Å². The topological polar surface area (TPSA) is 111 Å². The highest BCUT2D eigenvalue weighted by molar-refractivity contribution is 7.90. The number of ether oxygens (including phenoxy) is 1. The van der Waals surface area contributed by atoms with E-state index in [4.69, 9.17) is 9.26 Å². The van der Waals surface area contributed by atoms with Gasteiger partial charge in [-0.15, -0.1) is 0 Å². The summed E-state index contributed by atoms with van der Waals surface area (Å²) in [7, 11) is -3.63. The normalized spacial score (nSPS) is 16.1. The molecule has 1 aliphatic heterocycles. The molecule has 2 aromatic heterocycles. The molecular weight excluding hydrogens is 461 g/mol. The van der Waals surface area contributed by atoms with Crippen molar-refractivity contribution in [2.24, 2.45) is 5.92 Å². The van der Waals surface area contributed by atoms with E-state index in [1.165, 1.54) is 24.5 Å². The maximum atomic E-state index is 14.2. The van der Waals surface area contributed by atoms with Gasteiger partial charge in [-0.2, -0.15) is 4.98 Å². The first-order valence-corrected chi connectivity index (χ1v) is 13.1. The molecule has 0 saturated carbocycles. The fourth-order valence-corrected chi connectivity index (χ4v) is 4.65. The lowest BCUT2D eigenvalue weighted by Gasteiger charge is -2.33. The highest BCUT2D eigenvalue weighted by Crippen LogP contribution is 2.28. The molecule has 0 radical (unpaired) electrons. The molecular formula is C23H28FN5O4S. The molecule has 182 valence electrons. The Morgan fingerprint density at radius 2 is 1.88 bits per heavy atom. The number of rotatable bonds is 7. The van der Waals surface area contributed by atoms with Crippen LogP contribution in [0.5, 0.6) is 5.88 Å². The molecule has 0 N–H and O–H groups in total. The van der Waals surface area contributed by atoms with Crippen LogP contribution < -0.4 is 9.64 Å². The smallest absolute Gasteiger partial charge is 0.324 e. The lowest BCUT2D eigenvalue weighted by Crippen LogP contribution is -2.39. The van der Waals surface area contributed by atoms with Crippen LogP contribution in [0, 0.1) is 11.7 Å². The van der Waals surface area contributed by atoms with Crippen LogP contribution in [-0.4, -0.2) is 54.0 Å². The van der Waals surface area contributed by atoms with Crippen LogP contribution in [0.15, 0.2) is 40.0 Å². The van der Waals surface area contributed by atoms with Crippen molar-refractivity contribution in [1.29, 1.82) is 0 Å². The maximum absolute atomic E-state index is 14.2.